The molecule has 3 nitrogen and oxygen atoms in total. The summed E-state index contributed by atoms with van der Waals surface area (Å²) in [6, 6.07) is 9.74. The fourth-order valence-electron chi connectivity index (χ4n) is 1.81. The summed E-state index contributed by atoms with van der Waals surface area (Å²) in [4.78, 5) is 22.9. The molecule has 0 aromatic heterocycles. The first-order valence-electron chi connectivity index (χ1n) is 5.64. The Labute approximate surface area is 114 Å². The second kappa shape index (κ2) is 5.40. The van der Waals surface area contributed by atoms with E-state index >= 15 is 0 Å². The van der Waals surface area contributed by atoms with Crippen LogP contribution in [0, 0.1) is 0 Å². The maximum atomic E-state index is 12.1. The van der Waals surface area contributed by atoms with Crippen LogP contribution in [0.5, 0.6) is 0 Å². The molecule has 0 spiro atoms. The number of Topliss-reactive ketones (excluding diaryl/α,β-unsaturated/α-hetero) is 1. The summed E-state index contributed by atoms with van der Waals surface area (Å²) in [5, 5.41) is 0. The number of rotatable bonds is 3. The van der Waals surface area contributed by atoms with Crippen molar-refractivity contribution in [3.05, 3.63) is 47.5 Å². The Balaban J connectivity index is 2.25. The Morgan fingerprint density at radius 3 is 2.61 bits per heavy atom. The van der Waals surface area contributed by atoms with Crippen LogP contribution in [0.2, 0.25) is 0 Å². The zero-order valence-electron chi connectivity index (χ0n) is 9.97. The fourth-order valence-corrected chi connectivity index (χ4v) is 2.55. The van der Waals surface area contributed by atoms with E-state index in [9.17, 15) is 9.59 Å². The van der Waals surface area contributed by atoms with E-state index in [-0.39, 0.29) is 11.7 Å². The first-order valence-corrected chi connectivity index (χ1v) is 6.55. The molecule has 1 amide bonds. The highest BCUT2D eigenvalue weighted by Crippen LogP contribution is 2.18. The first kappa shape index (κ1) is 12.9. The molecular formula is C14H13BrNO2+. The highest BCUT2D eigenvalue weighted by atomic mass is 79.9. The van der Waals surface area contributed by atoms with Gasteiger partial charge in [-0.1, -0.05) is 46.3 Å². The number of allylic oxidation sites excluding steroid dienone is 1. The van der Waals surface area contributed by atoms with Gasteiger partial charge in [0.1, 0.15) is 0 Å². The summed E-state index contributed by atoms with van der Waals surface area (Å²) in [5.41, 5.74) is 1.56. The molecule has 92 valence electrons. The number of hydrogen-bond acceptors (Lipinski definition) is 2. The van der Waals surface area contributed by atoms with Crippen molar-refractivity contribution in [2.75, 3.05) is 0 Å². The van der Waals surface area contributed by atoms with Gasteiger partial charge in [-0.25, -0.2) is 4.79 Å². The number of benzene rings is 1. The molecule has 0 saturated carbocycles. The van der Waals surface area contributed by atoms with Crippen molar-refractivity contribution in [3.8, 4) is 0 Å². The summed E-state index contributed by atoms with van der Waals surface area (Å²) in [5.74, 6) is -0.188. The third kappa shape index (κ3) is 2.64. The van der Waals surface area contributed by atoms with Gasteiger partial charge in [0, 0.05) is 17.2 Å². The summed E-state index contributed by atoms with van der Waals surface area (Å²) >= 11 is 3.27. The van der Waals surface area contributed by atoms with Crippen molar-refractivity contribution < 1.29 is 14.2 Å². The van der Waals surface area contributed by atoms with Gasteiger partial charge in [-0.2, -0.15) is 4.58 Å². The van der Waals surface area contributed by atoms with E-state index in [0.717, 1.165) is 5.56 Å². The number of alkyl halides is 1. The van der Waals surface area contributed by atoms with Gasteiger partial charge in [-0.15, -0.1) is 0 Å². The fraction of sp³-hybridized carbons (Fsp3) is 0.214. The summed E-state index contributed by atoms with van der Waals surface area (Å²) in [6.07, 6.45) is 3.37. The largest absolute Gasteiger partial charge is 0.405 e. The molecule has 0 radical (unpaired) electrons. The van der Waals surface area contributed by atoms with Gasteiger partial charge in [-0.05, 0) is 6.92 Å². The van der Waals surface area contributed by atoms with Crippen molar-refractivity contribution in [2.24, 2.45) is 0 Å². The van der Waals surface area contributed by atoms with Crippen LogP contribution in [0.1, 0.15) is 12.5 Å². The van der Waals surface area contributed by atoms with Crippen LogP contribution in [0.15, 0.2) is 42.0 Å². The van der Waals surface area contributed by atoms with Gasteiger partial charge in [0.05, 0.1) is 0 Å². The van der Waals surface area contributed by atoms with Crippen molar-refractivity contribution in [1.82, 2.24) is 0 Å². The van der Waals surface area contributed by atoms with Crippen LogP contribution in [0.25, 0.3) is 0 Å². The molecule has 1 aromatic rings. The zero-order chi connectivity index (χ0) is 13.1. The van der Waals surface area contributed by atoms with Crippen molar-refractivity contribution in [2.45, 2.75) is 18.3 Å². The number of amides is 1. The minimum absolute atomic E-state index is 0.0826. The molecule has 0 saturated heterocycles. The smallest absolute Gasteiger partial charge is 0.295 e. The Morgan fingerprint density at radius 1 is 1.33 bits per heavy atom. The molecule has 1 aliphatic heterocycles. The van der Waals surface area contributed by atoms with Crippen LogP contribution in [-0.2, 0) is 16.1 Å². The average Bonchev–Trinajstić information content (AvgIpc) is 2.36. The molecule has 1 atom stereocenters. The third-order valence-electron chi connectivity index (χ3n) is 2.81. The van der Waals surface area contributed by atoms with E-state index in [1.165, 1.54) is 6.92 Å². The maximum Gasteiger partial charge on any atom is 0.405 e. The molecular weight excluding hydrogens is 294 g/mol. The second-order valence-electron chi connectivity index (χ2n) is 4.14. The Morgan fingerprint density at radius 2 is 2.00 bits per heavy atom. The van der Waals surface area contributed by atoms with Gasteiger partial charge in [-0.3, -0.25) is 4.79 Å². The molecule has 0 fully saturated rings. The van der Waals surface area contributed by atoms with Crippen molar-refractivity contribution in [3.63, 3.8) is 0 Å². The molecule has 0 bridgehead atoms. The number of carbonyl (C=O) groups excluding carboxylic acids is 2. The van der Waals surface area contributed by atoms with Crippen molar-refractivity contribution in [1.29, 1.82) is 0 Å². The molecule has 1 heterocycles. The Kier molecular flexibility index (Phi) is 3.87. The Bertz CT molecular complexity index is 546. The monoisotopic (exact) mass is 306 g/mol. The van der Waals surface area contributed by atoms with Crippen LogP contribution >= 0.6 is 15.9 Å². The summed E-state index contributed by atoms with van der Waals surface area (Å²) in [6.45, 7) is 1.98. The highest BCUT2D eigenvalue weighted by molar-refractivity contribution is 9.10. The van der Waals surface area contributed by atoms with Crippen LogP contribution in [0.4, 0.5) is 0 Å². The normalized spacial score (nSPS) is 19.2. The SMILES string of the molecule is CC(=O)C1=CC=[N+](Cc2ccccc2)C(=O)C1Br. The molecule has 0 aliphatic carbocycles. The lowest BCUT2D eigenvalue weighted by Gasteiger charge is -2.12. The molecule has 2 rings (SSSR count). The lowest BCUT2D eigenvalue weighted by molar-refractivity contribution is -0.459. The Hall–Kier alpha value is -1.55. The average molecular weight is 307 g/mol. The summed E-state index contributed by atoms with van der Waals surface area (Å²) in [7, 11) is 0. The van der Waals surface area contributed by atoms with Gasteiger partial charge < -0.3 is 0 Å². The maximum absolute atomic E-state index is 12.1. The lowest BCUT2D eigenvalue weighted by atomic mass is 10.1. The van der Waals surface area contributed by atoms with Crippen LogP contribution < -0.4 is 0 Å². The quantitative estimate of drug-likeness (QED) is 0.633. The number of halogens is 1. The number of nitrogens with zero attached hydrogens (tertiary/aromatic N) is 1. The van der Waals surface area contributed by atoms with E-state index in [4.69, 9.17) is 0 Å². The molecule has 18 heavy (non-hydrogen) atoms. The topological polar surface area (TPSA) is 37.1 Å². The number of hydrogen-bond donors (Lipinski definition) is 0. The van der Waals surface area contributed by atoms with Gasteiger partial charge >= 0.3 is 5.91 Å². The molecule has 1 aromatic carbocycles. The van der Waals surface area contributed by atoms with Gasteiger partial charge in [0.2, 0.25) is 0 Å². The predicted octanol–water partition coefficient (Wildman–Crippen LogP) is 2.09. The van der Waals surface area contributed by atoms with Gasteiger partial charge in [0.15, 0.2) is 23.4 Å². The zero-order valence-corrected chi connectivity index (χ0v) is 11.6. The van der Waals surface area contributed by atoms with E-state index in [1.807, 2.05) is 30.3 Å². The minimum atomic E-state index is -0.538. The molecule has 1 aliphatic rings. The van der Waals surface area contributed by atoms with E-state index < -0.39 is 4.83 Å². The predicted molar refractivity (Wildman–Crippen MR) is 73.0 cm³/mol. The highest BCUT2D eigenvalue weighted by Gasteiger charge is 2.34. The third-order valence-corrected chi connectivity index (χ3v) is 3.69. The first-order chi connectivity index (χ1) is 8.59. The molecule has 0 N–H and O–H groups in total. The van der Waals surface area contributed by atoms with Crippen LogP contribution in [0.3, 0.4) is 0 Å². The van der Waals surface area contributed by atoms with Crippen LogP contribution in [-0.4, -0.2) is 27.3 Å². The number of carbonyl (C=O) groups is 2. The second-order valence-corrected chi connectivity index (χ2v) is 5.06. The van der Waals surface area contributed by atoms with E-state index in [2.05, 4.69) is 15.9 Å². The molecule has 1 unspecified atom stereocenters. The standard InChI is InChI=1S/C14H13BrNO2/c1-10(17)12-7-8-16(14(18)13(12)15)9-11-5-3-2-4-6-11/h2-8,13H,9H2,1H3/q+1. The number of ketones is 1. The minimum Gasteiger partial charge on any atom is -0.295 e. The molecule has 4 heteroatoms. The van der Waals surface area contributed by atoms with Gasteiger partial charge in [0.25, 0.3) is 0 Å². The van der Waals surface area contributed by atoms with E-state index in [1.54, 1.807) is 16.9 Å². The van der Waals surface area contributed by atoms with E-state index in [0.29, 0.717) is 12.1 Å². The summed E-state index contributed by atoms with van der Waals surface area (Å²) < 4.78 is 1.61. The van der Waals surface area contributed by atoms with Crippen molar-refractivity contribution >= 4 is 33.8 Å². The lowest BCUT2D eigenvalue weighted by Crippen LogP contribution is -2.35.